The molecule has 0 bridgehead atoms. The van der Waals surface area contributed by atoms with Crippen molar-refractivity contribution in [2.45, 2.75) is 39.2 Å². The van der Waals surface area contributed by atoms with Crippen molar-refractivity contribution in [1.82, 2.24) is 9.88 Å². The average Bonchev–Trinajstić information content (AvgIpc) is 3.24. The lowest BCUT2D eigenvalue weighted by Crippen LogP contribution is -2.39. The minimum atomic E-state index is -0.247. The van der Waals surface area contributed by atoms with Gasteiger partial charge in [-0.05, 0) is 61.4 Å². The monoisotopic (exact) mass is 464 g/mol. The highest BCUT2D eigenvalue weighted by Crippen LogP contribution is 2.41. The standard InChI is InChI=1S/C23H26Cl2N2O4/c1-12-7-13(2)26-22(29)17(12)9-27-5-3-15-19(24)8-16(21(25)20(15)23(27)30)18(10-28)14-4-6-31-11-14/h7-8,14,18,28H,3-6,9-11H2,1-2H3,(H,26,29)/t14-,18-/m1/s1. The van der Waals surface area contributed by atoms with Crippen LogP contribution in [0.3, 0.4) is 0 Å². The third-order valence-corrected chi connectivity index (χ3v) is 7.20. The molecule has 1 aromatic heterocycles. The summed E-state index contributed by atoms with van der Waals surface area (Å²) in [6, 6.07) is 3.69. The number of benzene rings is 1. The lowest BCUT2D eigenvalue weighted by Gasteiger charge is -2.32. The van der Waals surface area contributed by atoms with Crippen molar-refractivity contribution in [2.75, 3.05) is 26.4 Å². The fourth-order valence-electron chi connectivity index (χ4n) is 4.72. The second kappa shape index (κ2) is 8.94. The molecule has 2 N–H and O–H groups in total. The number of nitrogens with one attached hydrogen (secondary N) is 1. The molecule has 2 atom stereocenters. The number of hydrogen-bond donors (Lipinski definition) is 2. The average molecular weight is 465 g/mol. The van der Waals surface area contributed by atoms with Gasteiger partial charge in [0.1, 0.15) is 0 Å². The Hall–Kier alpha value is -1.86. The fourth-order valence-corrected chi connectivity index (χ4v) is 5.41. The van der Waals surface area contributed by atoms with Crippen LogP contribution >= 0.6 is 23.2 Å². The van der Waals surface area contributed by atoms with Crippen LogP contribution in [-0.4, -0.2) is 47.3 Å². The number of H-pyrrole nitrogens is 1. The molecule has 1 fully saturated rings. The molecule has 0 aliphatic carbocycles. The Morgan fingerprint density at radius 3 is 2.71 bits per heavy atom. The number of amides is 1. The van der Waals surface area contributed by atoms with E-state index in [0.717, 1.165) is 23.2 Å². The number of carbonyl (C=O) groups excluding carboxylic acids is 1. The van der Waals surface area contributed by atoms with E-state index in [4.69, 9.17) is 27.9 Å². The minimum absolute atomic E-state index is 0.0985. The largest absolute Gasteiger partial charge is 0.396 e. The lowest BCUT2D eigenvalue weighted by atomic mass is 9.83. The predicted molar refractivity (Wildman–Crippen MR) is 120 cm³/mol. The van der Waals surface area contributed by atoms with Gasteiger partial charge < -0.3 is 19.7 Å². The van der Waals surface area contributed by atoms with E-state index in [2.05, 4.69) is 4.98 Å². The first-order valence-corrected chi connectivity index (χ1v) is 11.3. The third kappa shape index (κ3) is 4.14. The van der Waals surface area contributed by atoms with Crippen molar-refractivity contribution in [2.24, 2.45) is 5.92 Å². The van der Waals surface area contributed by atoms with Crippen LogP contribution in [0.15, 0.2) is 16.9 Å². The number of rotatable bonds is 5. The van der Waals surface area contributed by atoms with Crippen LogP contribution in [0.2, 0.25) is 10.0 Å². The van der Waals surface area contributed by atoms with E-state index in [1.807, 2.05) is 19.9 Å². The Bertz CT molecular complexity index is 1080. The van der Waals surface area contributed by atoms with Crippen LogP contribution in [0.5, 0.6) is 0 Å². The number of ether oxygens (including phenoxy) is 1. The summed E-state index contributed by atoms with van der Waals surface area (Å²) in [4.78, 5) is 30.4. The Morgan fingerprint density at radius 1 is 1.29 bits per heavy atom. The topological polar surface area (TPSA) is 82.6 Å². The maximum absolute atomic E-state index is 13.5. The molecular weight excluding hydrogens is 439 g/mol. The zero-order chi connectivity index (χ0) is 22.3. The smallest absolute Gasteiger partial charge is 0.256 e. The molecule has 3 heterocycles. The molecule has 8 heteroatoms. The summed E-state index contributed by atoms with van der Waals surface area (Å²) < 4.78 is 5.48. The fraction of sp³-hybridized carbons (Fsp3) is 0.478. The van der Waals surface area contributed by atoms with E-state index >= 15 is 0 Å². The van der Waals surface area contributed by atoms with Gasteiger partial charge in [0.05, 0.1) is 30.3 Å². The molecule has 0 radical (unpaired) electrons. The second-order valence-electron chi connectivity index (χ2n) is 8.45. The molecule has 2 aliphatic rings. The number of aliphatic hydroxyl groups excluding tert-OH is 1. The number of nitrogens with zero attached hydrogens (tertiary/aromatic N) is 1. The van der Waals surface area contributed by atoms with Crippen molar-refractivity contribution >= 4 is 29.1 Å². The number of aryl methyl sites for hydroxylation is 2. The van der Waals surface area contributed by atoms with E-state index < -0.39 is 0 Å². The molecule has 6 nitrogen and oxygen atoms in total. The maximum Gasteiger partial charge on any atom is 0.256 e. The van der Waals surface area contributed by atoms with Gasteiger partial charge in [0.2, 0.25) is 0 Å². The van der Waals surface area contributed by atoms with Crippen LogP contribution in [0.1, 0.15) is 50.6 Å². The van der Waals surface area contributed by atoms with Crippen LogP contribution in [-0.2, 0) is 17.7 Å². The first-order valence-electron chi connectivity index (χ1n) is 10.5. The number of carbonyl (C=O) groups is 1. The van der Waals surface area contributed by atoms with Gasteiger partial charge in [0, 0.05) is 35.3 Å². The molecule has 0 saturated carbocycles. The predicted octanol–water partition coefficient (Wildman–Crippen LogP) is 3.61. The molecule has 1 amide bonds. The lowest BCUT2D eigenvalue weighted by molar-refractivity contribution is 0.0726. The van der Waals surface area contributed by atoms with Crippen LogP contribution < -0.4 is 5.56 Å². The van der Waals surface area contributed by atoms with E-state index in [9.17, 15) is 14.7 Å². The summed E-state index contributed by atoms with van der Waals surface area (Å²) in [7, 11) is 0. The molecule has 1 aromatic carbocycles. The SMILES string of the molecule is Cc1cc(C)c(CN2CCc3c(Cl)cc([C@H](CO)[C@@H]4CCOC4)c(Cl)c3C2=O)c(=O)[nH]1. The van der Waals surface area contributed by atoms with E-state index in [0.29, 0.717) is 52.9 Å². The van der Waals surface area contributed by atoms with E-state index in [-0.39, 0.29) is 36.5 Å². The Balaban J connectivity index is 1.71. The van der Waals surface area contributed by atoms with Gasteiger partial charge in [-0.2, -0.15) is 0 Å². The molecule has 1 saturated heterocycles. The summed E-state index contributed by atoms with van der Waals surface area (Å²) >= 11 is 13.3. The Kier molecular flexibility index (Phi) is 6.44. The zero-order valence-electron chi connectivity index (χ0n) is 17.6. The van der Waals surface area contributed by atoms with Crippen molar-refractivity contribution in [3.63, 3.8) is 0 Å². The van der Waals surface area contributed by atoms with Gasteiger partial charge in [-0.15, -0.1) is 0 Å². The normalized spacial score (nSPS) is 19.6. The highest BCUT2D eigenvalue weighted by Gasteiger charge is 2.35. The molecule has 2 aliphatic heterocycles. The summed E-state index contributed by atoms with van der Waals surface area (Å²) in [5, 5.41) is 10.9. The maximum atomic E-state index is 13.5. The van der Waals surface area contributed by atoms with Crippen molar-refractivity contribution in [3.8, 4) is 0 Å². The van der Waals surface area contributed by atoms with Gasteiger partial charge in [0.15, 0.2) is 0 Å². The molecule has 31 heavy (non-hydrogen) atoms. The summed E-state index contributed by atoms with van der Waals surface area (Å²) in [5.74, 6) is -0.364. The second-order valence-corrected chi connectivity index (χ2v) is 9.23. The van der Waals surface area contributed by atoms with E-state index in [1.165, 1.54) is 0 Å². The van der Waals surface area contributed by atoms with Gasteiger partial charge >= 0.3 is 0 Å². The van der Waals surface area contributed by atoms with Crippen molar-refractivity contribution < 1.29 is 14.6 Å². The summed E-state index contributed by atoms with van der Waals surface area (Å²) in [6.07, 6.45) is 1.38. The number of aromatic nitrogens is 1. The number of hydrogen-bond acceptors (Lipinski definition) is 4. The van der Waals surface area contributed by atoms with Gasteiger partial charge in [0.25, 0.3) is 11.5 Å². The van der Waals surface area contributed by atoms with Gasteiger partial charge in [-0.25, -0.2) is 0 Å². The quantitative estimate of drug-likeness (QED) is 0.707. The minimum Gasteiger partial charge on any atom is -0.396 e. The third-order valence-electron chi connectivity index (χ3n) is 6.45. The highest BCUT2D eigenvalue weighted by molar-refractivity contribution is 6.37. The van der Waals surface area contributed by atoms with Crippen molar-refractivity contribution in [3.05, 3.63) is 66.0 Å². The molecule has 0 spiro atoms. The Labute approximate surface area is 191 Å². The molecule has 4 rings (SSSR count). The van der Waals surface area contributed by atoms with E-state index in [1.54, 1.807) is 11.0 Å². The Morgan fingerprint density at radius 2 is 2.06 bits per heavy atom. The van der Waals surface area contributed by atoms with Crippen molar-refractivity contribution in [1.29, 1.82) is 0 Å². The first kappa shape index (κ1) is 22.3. The molecule has 166 valence electrons. The van der Waals surface area contributed by atoms with Crippen LogP contribution in [0, 0.1) is 19.8 Å². The zero-order valence-corrected chi connectivity index (χ0v) is 19.1. The molecule has 2 aromatic rings. The number of aliphatic hydroxyl groups is 1. The number of aromatic amines is 1. The molecular formula is C23H26Cl2N2O4. The van der Waals surface area contributed by atoms with Gasteiger partial charge in [-0.1, -0.05) is 23.2 Å². The van der Waals surface area contributed by atoms with Gasteiger partial charge in [-0.3, -0.25) is 9.59 Å². The summed E-state index contributed by atoms with van der Waals surface area (Å²) in [5.41, 5.74) is 3.81. The number of fused-ring (bicyclic) bond motifs is 1. The number of pyridine rings is 1. The molecule has 0 unspecified atom stereocenters. The highest BCUT2D eigenvalue weighted by atomic mass is 35.5. The summed E-state index contributed by atoms with van der Waals surface area (Å²) in [6.45, 7) is 5.46. The number of halogens is 2. The van der Waals surface area contributed by atoms with Crippen LogP contribution in [0.4, 0.5) is 0 Å². The first-order chi connectivity index (χ1) is 14.8. The van der Waals surface area contributed by atoms with Crippen LogP contribution in [0.25, 0.3) is 0 Å².